The summed E-state index contributed by atoms with van der Waals surface area (Å²) in [5, 5.41) is 2.49. The van der Waals surface area contributed by atoms with Gasteiger partial charge in [-0.2, -0.15) is 0 Å². The summed E-state index contributed by atoms with van der Waals surface area (Å²) in [4.78, 5) is 11.7. The van der Waals surface area contributed by atoms with Gasteiger partial charge in [0.1, 0.15) is 0 Å². The van der Waals surface area contributed by atoms with Crippen molar-refractivity contribution in [3.8, 4) is 0 Å². The maximum Gasteiger partial charge on any atom is 0.249 e. The first-order valence-electron chi connectivity index (χ1n) is 5.66. The summed E-state index contributed by atoms with van der Waals surface area (Å²) in [7, 11) is -3.29. The van der Waals surface area contributed by atoms with Crippen LogP contribution in [0.15, 0.2) is 29.2 Å². The summed E-state index contributed by atoms with van der Waals surface area (Å²) >= 11 is 0. The lowest BCUT2D eigenvalue weighted by molar-refractivity contribution is -0.145. The van der Waals surface area contributed by atoms with Crippen molar-refractivity contribution in [2.45, 2.75) is 23.7 Å². The smallest absolute Gasteiger partial charge is 0.249 e. The van der Waals surface area contributed by atoms with Crippen LogP contribution in [0.1, 0.15) is 12.8 Å². The molecule has 0 saturated heterocycles. The van der Waals surface area contributed by atoms with Gasteiger partial charge < -0.3 is 5.32 Å². The maximum absolute atomic E-state index is 12.6. The topological polar surface area (TPSA) is 63.2 Å². The number of alkyl halides is 2. The first kappa shape index (κ1) is 13.9. The number of anilines is 1. The van der Waals surface area contributed by atoms with Gasteiger partial charge in [0.05, 0.1) is 4.90 Å². The Labute approximate surface area is 109 Å². The molecule has 0 radical (unpaired) electrons. The summed E-state index contributed by atoms with van der Waals surface area (Å²) in [6.45, 7) is 0. The van der Waals surface area contributed by atoms with Crippen molar-refractivity contribution >= 4 is 21.4 Å². The quantitative estimate of drug-likeness (QED) is 0.926. The monoisotopic (exact) mass is 289 g/mol. The minimum atomic E-state index is -3.29. The molecule has 1 fully saturated rings. The van der Waals surface area contributed by atoms with Crippen LogP contribution in [0.5, 0.6) is 0 Å². The third-order valence-electron chi connectivity index (χ3n) is 3.01. The van der Waals surface area contributed by atoms with E-state index in [0.717, 1.165) is 6.26 Å². The SMILES string of the molecule is CS(=O)(=O)c1ccc(NC(=O)C2CC(F)(F)C2)cc1. The summed E-state index contributed by atoms with van der Waals surface area (Å²) in [6.07, 6.45) is 0.220. The van der Waals surface area contributed by atoms with Gasteiger partial charge >= 0.3 is 0 Å². The van der Waals surface area contributed by atoms with Crippen molar-refractivity contribution in [2.24, 2.45) is 5.92 Å². The molecule has 1 aromatic rings. The standard InChI is InChI=1S/C12H13F2NO3S/c1-19(17,18)10-4-2-9(3-5-10)15-11(16)8-6-12(13,14)7-8/h2-5,8H,6-7H2,1H3,(H,15,16). The van der Waals surface area contributed by atoms with Crippen LogP contribution in [-0.2, 0) is 14.6 Å². The third kappa shape index (κ3) is 3.28. The van der Waals surface area contributed by atoms with Crippen LogP contribution in [0.25, 0.3) is 0 Å². The van der Waals surface area contributed by atoms with Crippen molar-refractivity contribution in [3.05, 3.63) is 24.3 Å². The minimum Gasteiger partial charge on any atom is -0.326 e. The normalized spacial score (nSPS) is 18.7. The second-order valence-electron chi connectivity index (χ2n) is 4.75. The van der Waals surface area contributed by atoms with Crippen molar-refractivity contribution in [1.29, 1.82) is 0 Å². The lowest BCUT2D eigenvalue weighted by atomic mass is 9.81. The van der Waals surface area contributed by atoms with Crippen LogP contribution < -0.4 is 5.32 Å². The molecule has 0 heterocycles. The second-order valence-corrected chi connectivity index (χ2v) is 6.76. The molecule has 1 aromatic carbocycles. The highest BCUT2D eigenvalue weighted by Gasteiger charge is 2.48. The molecule has 4 nitrogen and oxygen atoms in total. The number of benzene rings is 1. The van der Waals surface area contributed by atoms with E-state index in [1.807, 2.05) is 0 Å². The molecule has 0 unspecified atom stereocenters. The fourth-order valence-electron chi connectivity index (χ4n) is 1.88. The fraction of sp³-hybridized carbons (Fsp3) is 0.417. The van der Waals surface area contributed by atoms with Crippen molar-refractivity contribution in [3.63, 3.8) is 0 Å². The minimum absolute atomic E-state index is 0.140. The molecule has 0 bridgehead atoms. The molecule has 0 spiro atoms. The first-order chi connectivity index (χ1) is 8.67. The molecule has 1 amide bonds. The Morgan fingerprint density at radius 3 is 2.21 bits per heavy atom. The average Bonchev–Trinajstić information content (AvgIpc) is 2.25. The number of halogens is 2. The molecule has 1 saturated carbocycles. The zero-order chi connectivity index (χ0) is 14.3. The lowest BCUT2D eigenvalue weighted by Crippen LogP contribution is -2.42. The predicted molar refractivity (Wildman–Crippen MR) is 65.9 cm³/mol. The number of sulfone groups is 1. The van der Waals surface area contributed by atoms with Crippen molar-refractivity contribution in [2.75, 3.05) is 11.6 Å². The van der Waals surface area contributed by atoms with Gasteiger partial charge in [-0.25, -0.2) is 17.2 Å². The third-order valence-corrected chi connectivity index (χ3v) is 4.14. The van der Waals surface area contributed by atoms with E-state index in [4.69, 9.17) is 0 Å². The van der Waals surface area contributed by atoms with Gasteiger partial charge in [0.15, 0.2) is 9.84 Å². The van der Waals surface area contributed by atoms with Gasteiger partial charge in [0, 0.05) is 30.7 Å². The first-order valence-corrected chi connectivity index (χ1v) is 7.55. The molecular formula is C12H13F2NO3S. The van der Waals surface area contributed by atoms with Crippen LogP contribution in [0.3, 0.4) is 0 Å². The summed E-state index contributed by atoms with van der Waals surface area (Å²) < 4.78 is 47.7. The number of rotatable bonds is 3. The van der Waals surface area contributed by atoms with E-state index in [1.165, 1.54) is 24.3 Å². The van der Waals surface area contributed by atoms with E-state index in [2.05, 4.69) is 5.32 Å². The number of carbonyl (C=O) groups excluding carboxylic acids is 1. The van der Waals surface area contributed by atoms with Gasteiger partial charge in [-0.3, -0.25) is 4.79 Å². The highest BCUT2D eigenvalue weighted by molar-refractivity contribution is 7.90. The highest BCUT2D eigenvalue weighted by atomic mass is 32.2. The Morgan fingerprint density at radius 2 is 1.79 bits per heavy atom. The Kier molecular flexibility index (Phi) is 3.34. The lowest BCUT2D eigenvalue weighted by Gasteiger charge is -2.33. The highest BCUT2D eigenvalue weighted by Crippen LogP contribution is 2.42. The van der Waals surface area contributed by atoms with E-state index in [0.29, 0.717) is 5.69 Å². The van der Waals surface area contributed by atoms with Crippen LogP contribution in [0.4, 0.5) is 14.5 Å². The van der Waals surface area contributed by atoms with Crippen LogP contribution >= 0.6 is 0 Å². The van der Waals surface area contributed by atoms with Crippen molar-refractivity contribution in [1.82, 2.24) is 0 Å². The fourth-order valence-corrected chi connectivity index (χ4v) is 2.51. The zero-order valence-electron chi connectivity index (χ0n) is 10.2. The van der Waals surface area contributed by atoms with E-state index in [1.54, 1.807) is 0 Å². The van der Waals surface area contributed by atoms with E-state index < -0.39 is 40.4 Å². The van der Waals surface area contributed by atoms with Gasteiger partial charge in [-0.05, 0) is 24.3 Å². The van der Waals surface area contributed by atoms with E-state index >= 15 is 0 Å². The molecule has 1 N–H and O–H groups in total. The number of nitrogens with one attached hydrogen (secondary N) is 1. The van der Waals surface area contributed by atoms with Crippen LogP contribution in [0.2, 0.25) is 0 Å². The molecule has 7 heteroatoms. The molecule has 1 aliphatic carbocycles. The number of carbonyl (C=O) groups is 1. The number of hydrogen-bond acceptors (Lipinski definition) is 3. The Balaban J connectivity index is 1.99. The van der Waals surface area contributed by atoms with Crippen LogP contribution in [0, 0.1) is 5.92 Å². The molecule has 0 aromatic heterocycles. The van der Waals surface area contributed by atoms with Crippen molar-refractivity contribution < 1.29 is 22.0 Å². The molecule has 1 aliphatic rings. The Bertz CT molecular complexity index is 588. The molecule has 0 atom stereocenters. The second kappa shape index (κ2) is 4.56. The van der Waals surface area contributed by atoms with Crippen LogP contribution in [-0.4, -0.2) is 26.5 Å². The zero-order valence-corrected chi connectivity index (χ0v) is 11.0. The van der Waals surface area contributed by atoms with Gasteiger partial charge in [-0.1, -0.05) is 0 Å². The van der Waals surface area contributed by atoms with Gasteiger partial charge in [0.25, 0.3) is 0 Å². The Hall–Kier alpha value is -1.50. The number of hydrogen-bond donors (Lipinski definition) is 1. The maximum atomic E-state index is 12.6. The van der Waals surface area contributed by atoms with E-state index in [9.17, 15) is 22.0 Å². The molecule has 0 aliphatic heterocycles. The molecule has 2 rings (SSSR count). The number of amides is 1. The molecular weight excluding hydrogens is 276 g/mol. The molecule has 19 heavy (non-hydrogen) atoms. The Morgan fingerprint density at radius 1 is 1.26 bits per heavy atom. The van der Waals surface area contributed by atoms with E-state index in [-0.39, 0.29) is 4.90 Å². The summed E-state index contributed by atoms with van der Waals surface area (Å²) in [5.41, 5.74) is 0.396. The largest absolute Gasteiger partial charge is 0.326 e. The summed E-state index contributed by atoms with van der Waals surface area (Å²) in [6, 6.07) is 5.59. The van der Waals surface area contributed by atoms with Gasteiger partial charge in [-0.15, -0.1) is 0 Å². The predicted octanol–water partition coefficient (Wildman–Crippen LogP) is 2.07. The average molecular weight is 289 g/mol. The van der Waals surface area contributed by atoms with Gasteiger partial charge in [0.2, 0.25) is 11.8 Å². The molecule has 104 valence electrons. The summed E-state index contributed by atoms with van der Waals surface area (Å²) in [5.74, 6) is -3.87.